The number of carbonyl (C=O) groups is 2. The lowest BCUT2D eigenvalue weighted by atomic mass is 10.00. The van der Waals surface area contributed by atoms with E-state index < -0.39 is 6.09 Å². The third-order valence-corrected chi connectivity index (χ3v) is 8.05. The number of hydrogen-bond donors (Lipinski definition) is 1. The van der Waals surface area contributed by atoms with Crippen LogP contribution in [-0.2, 0) is 18.4 Å². The number of hydrogen-bond acceptors (Lipinski definition) is 6. The molecule has 0 bridgehead atoms. The Balaban J connectivity index is 1.43. The lowest BCUT2D eigenvalue weighted by Gasteiger charge is -2.31. The van der Waals surface area contributed by atoms with E-state index in [0.29, 0.717) is 36.7 Å². The Bertz CT molecular complexity index is 1580. The van der Waals surface area contributed by atoms with Crippen molar-refractivity contribution in [1.29, 1.82) is 0 Å². The van der Waals surface area contributed by atoms with E-state index in [4.69, 9.17) is 14.2 Å². The first-order valence-corrected chi connectivity index (χ1v) is 14.2. The molecule has 1 N–H and O–H groups in total. The van der Waals surface area contributed by atoms with Gasteiger partial charge in [0.15, 0.2) is 11.5 Å². The van der Waals surface area contributed by atoms with Gasteiger partial charge in [0.25, 0.3) is 0 Å². The molecule has 0 spiro atoms. The number of methoxy groups -OCH3 is 2. The lowest BCUT2D eigenvalue weighted by molar-refractivity contribution is -0.120. The number of carbonyl (C=O) groups excluding carboxylic acids is 2. The SMILES string of the molecule is COc1cc(C=C2C(C)=C(CC(=O)NCc3cccn3C)c3cc(F)ccc32)cc(OC)c1OC(=O)N1CCN(C)CC1. The normalized spacial score (nSPS) is 16.0. The summed E-state index contributed by atoms with van der Waals surface area (Å²) in [7, 11) is 6.95. The minimum absolute atomic E-state index is 0.109. The fraction of sp³-hybridized carbons (Fsp3) is 0.333. The number of nitrogens with one attached hydrogen (secondary N) is 1. The van der Waals surface area contributed by atoms with Crippen LogP contribution >= 0.6 is 0 Å². The molecule has 9 nitrogen and oxygen atoms in total. The second-order valence-corrected chi connectivity index (χ2v) is 10.8. The number of amides is 2. The number of halogens is 1. The van der Waals surface area contributed by atoms with Gasteiger partial charge >= 0.3 is 6.09 Å². The number of rotatable bonds is 8. The van der Waals surface area contributed by atoms with Crippen LogP contribution in [0.2, 0.25) is 0 Å². The topological polar surface area (TPSA) is 85.3 Å². The van der Waals surface area contributed by atoms with E-state index in [-0.39, 0.29) is 23.9 Å². The van der Waals surface area contributed by atoms with Crippen molar-refractivity contribution in [1.82, 2.24) is 19.7 Å². The quantitative estimate of drug-likeness (QED) is 0.401. The first-order valence-electron chi connectivity index (χ1n) is 14.2. The van der Waals surface area contributed by atoms with Crippen molar-refractivity contribution in [3.05, 3.63) is 82.4 Å². The third-order valence-electron chi connectivity index (χ3n) is 8.05. The maximum Gasteiger partial charge on any atom is 0.415 e. The largest absolute Gasteiger partial charge is 0.493 e. The number of benzene rings is 2. The zero-order chi connectivity index (χ0) is 30.7. The molecule has 2 amide bonds. The molecule has 0 saturated carbocycles. The summed E-state index contributed by atoms with van der Waals surface area (Å²) in [5.41, 5.74) is 5.72. The Labute approximate surface area is 251 Å². The van der Waals surface area contributed by atoms with Crippen LogP contribution in [0.15, 0.2) is 54.2 Å². The molecule has 1 fully saturated rings. The average molecular weight is 589 g/mol. The average Bonchev–Trinajstić information content (AvgIpc) is 3.52. The summed E-state index contributed by atoms with van der Waals surface area (Å²) in [6.07, 6.45) is 3.52. The lowest BCUT2D eigenvalue weighted by Crippen LogP contribution is -2.48. The minimum atomic E-state index is -0.462. The summed E-state index contributed by atoms with van der Waals surface area (Å²) >= 11 is 0. The fourth-order valence-electron chi connectivity index (χ4n) is 5.47. The van der Waals surface area contributed by atoms with Crippen LogP contribution in [0.4, 0.5) is 9.18 Å². The van der Waals surface area contributed by atoms with E-state index in [1.807, 2.05) is 50.0 Å². The minimum Gasteiger partial charge on any atom is -0.493 e. The smallest absolute Gasteiger partial charge is 0.415 e. The van der Waals surface area contributed by atoms with Gasteiger partial charge in [-0.05, 0) is 89.9 Å². The van der Waals surface area contributed by atoms with Gasteiger partial charge in [-0.3, -0.25) is 4.79 Å². The Morgan fingerprint density at radius 1 is 0.977 bits per heavy atom. The van der Waals surface area contributed by atoms with E-state index in [2.05, 4.69) is 10.2 Å². The molecular weight excluding hydrogens is 551 g/mol. The van der Waals surface area contributed by atoms with Crippen molar-refractivity contribution in [2.45, 2.75) is 19.9 Å². The number of aromatic nitrogens is 1. The van der Waals surface area contributed by atoms with Crippen molar-refractivity contribution < 1.29 is 28.2 Å². The van der Waals surface area contributed by atoms with E-state index >= 15 is 0 Å². The molecule has 1 saturated heterocycles. The highest BCUT2D eigenvalue weighted by atomic mass is 19.1. The zero-order valence-electron chi connectivity index (χ0n) is 25.2. The number of aryl methyl sites for hydroxylation is 1. The van der Waals surface area contributed by atoms with Crippen molar-refractivity contribution in [3.63, 3.8) is 0 Å². The summed E-state index contributed by atoms with van der Waals surface area (Å²) in [5.74, 6) is 0.361. The molecule has 0 radical (unpaired) electrons. The number of piperazine rings is 1. The monoisotopic (exact) mass is 588 g/mol. The summed E-state index contributed by atoms with van der Waals surface area (Å²) in [5, 5.41) is 2.97. The van der Waals surface area contributed by atoms with E-state index in [0.717, 1.165) is 46.6 Å². The molecule has 5 rings (SSSR count). The van der Waals surface area contributed by atoms with Crippen LogP contribution in [0.1, 0.15) is 35.7 Å². The molecule has 0 unspecified atom stereocenters. The van der Waals surface area contributed by atoms with Gasteiger partial charge in [0, 0.05) is 45.1 Å². The van der Waals surface area contributed by atoms with Gasteiger partial charge in [-0.2, -0.15) is 0 Å². The number of allylic oxidation sites excluding steroid dienone is 2. The van der Waals surface area contributed by atoms with Crippen LogP contribution < -0.4 is 19.5 Å². The Hall–Kier alpha value is -4.57. The molecule has 1 aliphatic carbocycles. The number of fused-ring (bicyclic) bond motifs is 1. The molecule has 1 aromatic heterocycles. The summed E-state index contributed by atoms with van der Waals surface area (Å²) < 4.78 is 33.4. The van der Waals surface area contributed by atoms with Gasteiger partial charge in [0.2, 0.25) is 11.7 Å². The zero-order valence-corrected chi connectivity index (χ0v) is 25.2. The molecule has 3 aromatic rings. The molecule has 10 heteroatoms. The van der Waals surface area contributed by atoms with Gasteiger partial charge in [0.1, 0.15) is 5.82 Å². The summed E-state index contributed by atoms with van der Waals surface area (Å²) in [4.78, 5) is 29.7. The molecule has 226 valence electrons. The predicted molar refractivity (Wildman–Crippen MR) is 163 cm³/mol. The Kier molecular flexibility index (Phi) is 8.86. The number of likely N-dealkylation sites (N-methyl/N-ethyl adjacent to an activating group) is 1. The van der Waals surface area contributed by atoms with E-state index in [1.54, 1.807) is 23.1 Å². The fourth-order valence-corrected chi connectivity index (χ4v) is 5.47. The van der Waals surface area contributed by atoms with Gasteiger partial charge < -0.3 is 33.9 Å². The van der Waals surface area contributed by atoms with Crippen LogP contribution in [0, 0.1) is 5.82 Å². The van der Waals surface area contributed by atoms with Crippen molar-refractivity contribution in [3.8, 4) is 17.2 Å². The van der Waals surface area contributed by atoms with Gasteiger partial charge in [-0.25, -0.2) is 9.18 Å². The van der Waals surface area contributed by atoms with Crippen LogP contribution in [0.5, 0.6) is 17.2 Å². The maximum absolute atomic E-state index is 14.4. The van der Waals surface area contributed by atoms with Crippen molar-refractivity contribution >= 4 is 29.2 Å². The molecular formula is C33H37FN4O5. The number of ether oxygens (including phenoxy) is 3. The maximum atomic E-state index is 14.4. The van der Waals surface area contributed by atoms with Crippen molar-refractivity contribution in [2.75, 3.05) is 47.4 Å². The summed E-state index contributed by atoms with van der Waals surface area (Å²) in [6, 6.07) is 12.0. The van der Waals surface area contributed by atoms with Crippen LogP contribution in [0.25, 0.3) is 17.2 Å². The van der Waals surface area contributed by atoms with Gasteiger partial charge in [-0.1, -0.05) is 6.07 Å². The first-order chi connectivity index (χ1) is 20.7. The molecule has 1 aliphatic heterocycles. The molecule has 2 heterocycles. The standard InChI is InChI=1S/C33H37FN4O5/c1-21-26(25-9-8-23(34)18-28(25)27(21)19-31(39)35-20-24-7-6-10-37(24)3)15-22-16-29(41-4)32(30(17-22)42-5)43-33(40)38-13-11-36(2)12-14-38/h6-10,15-18H,11-14,19-20H2,1-5H3,(H,35,39). The molecule has 2 aliphatic rings. The molecule has 2 aromatic carbocycles. The van der Waals surface area contributed by atoms with Crippen LogP contribution in [0.3, 0.4) is 0 Å². The van der Waals surface area contributed by atoms with E-state index in [1.165, 1.54) is 26.4 Å². The van der Waals surface area contributed by atoms with Gasteiger partial charge in [0.05, 0.1) is 27.2 Å². The predicted octanol–water partition coefficient (Wildman–Crippen LogP) is 4.96. The highest BCUT2D eigenvalue weighted by Crippen LogP contribution is 2.45. The second-order valence-electron chi connectivity index (χ2n) is 10.8. The van der Waals surface area contributed by atoms with Crippen LogP contribution in [-0.4, -0.2) is 73.8 Å². The van der Waals surface area contributed by atoms with Crippen molar-refractivity contribution in [2.24, 2.45) is 7.05 Å². The molecule has 43 heavy (non-hydrogen) atoms. The summed E-state index contributed by atoms with van der Waals surface area (Å²) in [6.45, 7) is 5.02. The highest BCUT2D eigenvalue weighted by Gasteiger charge is 2.27. The van der Waals surface area contributed by atoms with E-state index in [9.17, 15) is 14.0 Å². The Morgan fingerprint density at radius 2 is 1.67 bits per heavy atom. The Morgan fingerprint density at radius 3 is 2.30 bits per heavy atom. The highest BCUT2D eigenvalue weighted by molar-refractivity contribution is 6.08. The third kappa shape index (κ3) is 6.44. The first kappa shape index (κ1) is 29.9. The molecule has 0 atom stereocenters. The van der Waals surface area contributed by atoms with Gasteiger partial charge in [-0.15, -0.1) is 0 Å². The second kappa shape index (κ2) is 12.7. The number of nitrogens with zero attached hydrogens (tertiary/aromatic N) is 3.